The maximum absolute atomic E-state index is 11.7. The molecule has 2 unspecified atom stereocenters. The molecular formula is C13H21N3O3S. The number of sulfonamides is 1. The summed E-state index contributed by atoms with van der Waals surface area (Å²) in [4.78, 5) is 2.25. The topological polar surface area (TPSA) is 95.7 Å². The lowest BCUT2D eigenvalue weighted by atomic mass is 10.0. The van der Waals surface area contributed by atoms with Crippen molar-refractivity contribution in [1.82, 2.24) is 4.72 Å². The summed E-state index contributed by atoms with van der Waals surface area (Å²) in [5, 5.41) is 9.62. The number of nitrogens with two attached hydrogens (primary N) is 1. The molecule has 1 aromatic rings. The van der Waals surface area contributed by atoms with Crippen molar-refractivity contribution in [3.8, 4) is 0 Å². The molecule has 0 aromatic heterocycles. The molecule has 1 saturated heterocycles. The van der Waals surface area contributed by atoms with Gasteiger partial charge in [0, 0.05) is 19.0 Å². The van der Waals surface area contributed by atoms with Gasteiger partial charge in [-0.05, 0) is 38.6 Å². The highest BCUT2D eigenvalue weighted by Gasteiger charge is 2.27. The zero-order chi connectivity index (χ0) is 14.9. The summed E-state index contributed by atoms with van der Waals surface area (Å²) in [6.45, 7) is 3.35. The van der Waals surface area contributed by atoms with Crippen LogP contribution in [-0.2, 0) is 10.0 Å². The summed E-state index contributed by atoms with van der Waals surface area (Å²) in [5.74, 6) is 0.232. The molecule has 0 radical (unpaired) electrons. The molecule has 1 aliphatic rings. The van der Waals surface area contributed by atoms with Gasteiger partial charge in [-0.3, -0.25) is 0 Å². The van der Waals surface area contributed by atoms with Crippen LogP contribution in [0.4, 0.5) is 11.4 Å². The lowest BCUT2D eigenvalue weighted by molar-refractivity contribution is 0.136. The predicted octanol–water partition coefficient (Wildman–Crippen LogP) is 0.384. The Hall–Kier alpha value is -1.31. The number of rotatable bonds is 4. The van der Waals surface area contributed by atoms with E-state index in [1.54, 1.807) is 19.1 Å². The van der Waals surface area contributed by atoms with Crippen molar-refractivity contribution in [2.75, 3.05) is 30.8 Å². The van der Waals surface area contributed by atoms with Crippen molar-refractivity contribution in [2.45, 2.75) is 24.3 Å². The minimum Gasteiger partial charge on any atom is -0.397 e. The molecule has 112 valence electrons. The number of nitrogens with one attached hydrogen (secondary N) is 1. The third-order valence-corrected chi connectivity index (χ3v) is 5.24. The number of benzene rings is 1. The van der Waals surface area contributed by atoms with Crippen molar-refractivity contribution in [2.24, 2.45) is 5.92 Å². The Labute approximate surface area is 119 Å². The number of hydrogen-bond donors (Lipinski definition) is 3. The van der Waals surface area contributed by atoms with E-state index in [0.29, 0.717) is 5.69 Å². The molecule has 6 nitrogen and oxygen atoms in total. The van der Waals surface area contributed by atoms with Crippen LogP contribution in [0.3, 0.4) is 0 Å². The SMILES string of the molecule is CNS(=O)(=O)c1ccc(N2CCC(C(C)O)C2)c(N)c1. The maximum Gasteiger partial charge on any atom is 0.240 e. The quantitative estimate of drug-likeness (QED) is 0.699. The monoisotopic (exact) mass is 299 g/mol. The minimum absolute atomic E-state index is 0.160. The lowest BCUT2D eigenvalue weighted by Gasteiger charge is -2.21. The second-order valence-electron chi connectivity index (χ2n) is 5.16. The Bertz CT molecular complexity index is 587. The number of aliphatic hydroxyl groups is 1. The molecule has 7 heteroatoms. The highest BCUT2D eigenvalue weighted by Crippen LogP contribution is 2.31. The maximum atomic E-state index is 11.7. The molecule has 1 aromatic carbocycles. The molecule has 0 spiro atoms. The lowest BCUT2D eigenvalue weighted by Crippen LogP contribution is -2.25. The first-order valence-electron chi connectivity index (χ1n) is 6.61. The van der Waals surface area contributed by atoms with Gasteiger partial charge in [0.25, 0.3) is 0 Å². The second kappa shape index (κ2) is 5.59. The normalized spacial score (nSPS) is 21.1. The molecule has 20 heavy (non-hydrogen) atoms. The zero-order valence-corrected chi connectivity index (χ0v) is 12.5. The molecule has 1 heterocycles. The van der Waals surface area contributed by atoms with E-state index < -0.39 is 10.0 Å². The summed E-state index contributed by atoms with van der Waals surface area (Å²) < 4.78 is 25.7. The van der Waals surface area contributed by atoms with Gasteiger partial charge in [0.2, 0.25) is 10.0 Å². The molecule has 1 fully saturated rings. The Morgan fingerprint density at radius 3 is 2.70 bits per heavy atom. The van der Waals surface area contributed by atoms with Crippen LogP contribution < -0.4 is 15.4 Å². The van der Waals surface area contributed by atoms with Gasteiger partial charge in [-0.1, -0.05) is 0 Å². The average Bonchev–Trinajstić information content (AvgIpc) is 2.88. The van der Waals surface area contributed by atoms with E-state index in [-0.39, 0.29) is 16.9 Å². The largest absolute Gasteiger partial charge is 0.397 e. The second-order valence-corrected chi connectivity index (χ2v) is 7.05. The summed E-state index contributed by atoms with van der Waals surface area (Å²) in [5.41, 5.74) is 7.24. The predicted molar refractivity (Wildman–Crippen MR) is 79.1 cm³/mol. The van der Waals surface area contributed by atoms with Gasteiger partial charge in [-0.25, -0.2) is 13.1 Å². The highest BCUT2D eigenvalue weighted by molar-refractivity contribution is 7.89. The average molecular weight is 299 g/mol. The Balaban J connectivity index is 2.24. The first-order valence-corrected chi connectivity index (χ1v) is 8.09. The Morgan fingerprint density at radius 1 is 1.50 bits per heavy atom. The Kier molecular flexibility index (Phi) is 4.22. The number of aliphatic hydroxyl groups excluding tert-OH is 1. The van der Waals surface area contributed by atoms with E-state index in [1.807, 2.05) is 0 Å². The third-order valence-electron chi connectivity index (χ3n) is 3.83. The molecule has 0 amide bonds. The van der Waals surface area contributed by atoms with Crippen LogP contribution in [0, 0.1) is 5.92 Å². The van der Waals surface area contributed by atoms with Gasteiger partial charge in [-0.15, -0.1) is 0 Å². The molecule has 2 atom stereocenters. The minimum atomic E-state index is -3.47. The summed E-state index contributed by atoms with van der Waals surface area (Å²) in [6, 6.07) is 4.74. The van der Waals surface area contributed by atoms with Crippen LogP contribution in [0.25, 0.3) is 0 Å². The third kappa shape index (κ3) is 2.89. The molecule has 1 aliphatic heterocycles. The van der Waals surface area contributed by atoms with Gasteiger partial charge in [0.15, 0.2) is 0 Å². The van der Waals surface area contributed by atoms with Crippen LogP contribution in [0.2, 0.25) is 0 Å². The highest BCUT2D eigenvalue weighted by atomic mass is 32.2. The van der Waals surface area contributed by atoms with Gasteiger partial charge >= 0.3 is 0 Å². The molecule has 4 N–H and O–H groups in total. The van der Waals surface area contributed by atoms with Crippen LogP contribution in [0.1, 0.15) is 13.3 Å². The van der Waals surface area contributed by atoms with E-state index in [9.17, 15) is 13.5 Å². The van der Waals surface area contributed by atoms with E-state index in [1.165, 1.54) is 13.1 Å². The molecular weight excluding hydrogens is 278 g/mol. The fourth-order valence-electron chi connectivity index (χ4n) is 2.51. The van der Waals surface area contributed by atoms with Crippen molar-refractivity contribution in [3.63, 3.8) is 0 Å². The number of nitrogen functional groups attached to an aromatic ring is 1. The van der Waals surface area contributed by atoms with Gasteiger partial charge in [0.1, 0.15) is 0 Å². The van der Waals surface area contributed by atoms with Gasteiger partial charge in [0.05, 0.1) is 22.4 Å². The van der Waals surface area contributed by atoms with Crippen LogP contribution in [0.5, 0.6) is 0 Å². The fourth-order valence-corrected chi connectivity index (χ4v) is 3.27. The Morgan fingerprint density at radius 2 is 2.20 bits per heavy atom. The van der Waals surface area contributed by atoms with E-state index in [0.717, 1.165) is 25.2 Å². The smallest absolute Gasteiger partial charge is 0.240 e. The van der Waals surface area contributed by atoms with Crippen molar-refractivity contribution in [1.29, 1.82) is 0 Å². The molecule has 0 aliphatic carbocycles. The van der Waals surface area contributed by atoms with Crippen LogP contribution in [0.15, 0.2) is 23.1 Å². The van der Waals surface area contributed by atoms with E-state index in [2.05, 4.69) is 9.62 Å². The van der Waals surface area contributed by atoms with Crippen molar-refractivity contribution >= 4 is 21.4 Å². The van der Waals surface area contributed by atoms with Crippen molar-refractivity contribution in [3.05, 3.63) is 18.2 Å². The van der Waals surface area contributed by atoms with E-state index >= 15 is 0 Å². The van der Waals surface area contributed by atoms with Crippen molar-refractivity contribution < 1.29 is 13.5 Å². The summed E-state index contributed by atoms with van der Waals surface area (Å²) >= 11 is 0. The fraction of sp³-hybridized carbons (Fsp3) is 0.538. The molecule has 2 rings (SSSR count). The summed E-state index contributed by atoms with van der Waals surface area (Å²) in [7, 11) is -2.11. The van der Waals surface area contributed by atoms with Gasteiger partial charge < -0.3 is 15.7 Å². The standard InChI is InChI=1S/C13H21N3O3S/c1-9(17)10-5-6-16(8-10)13-4-3-11(7-12(13)14)20(18,19)15-2/h3-4,7,9-10,15,17H,5-6,8,14H2,1-2H3. The number of nitrogens with zero attached hydrogens (tertiary/aromatic N) is 1. The van der Waals surface area contributed by atoms with Gasteiger partial charge in [-0.2, -0.15) is 0 Å². The molecule has 0 saturated carbocycles. The first kappa shape index (κ1) is 15.1. The van der Waals surface area contributed by atoms with Crippen LogP contribution in [-0.4, -0.2) is 39.8 Å². The van der Waals surface area contributed by atoms with Crippen LogP contribution >= 0.6 is 0 Å². The number of hydrogen-bond acceptors (Lipinski definition) is 5. The summed E-state index contributed by atoms with van der Waals surface area (Å²) in [6.07, 6.45) is 0.568. The first-order chi connectivity index (χ1) is 9.35. The molecule has 0 bridgehead atoms. The number of anilines is 2. The zero-order valence-electron chi connectivity index (χ0n) is 11.7. The van der Waals surface area contributed by atoms with E-state index in [4.69, 9.17) is 5.73 Å².